The molecule has 0 bridgehead atoms. The van der Waals surface area contributed by atoms with Gasteiger partial charge in [-0.3, -0.25) is 9.59 Å². The summed E-state index contributed by atoms with van der Waals surface area (Å²) in [6, 6.07) is -1.49. The number of hydrogen-bond acceptors (Lipinski definition) is 4. The van der Waals surface area contributed by atoms with Gasteiger partial charge in [0.1, 0.15) is 6.04 Å². The van der Waals surface area contributed by atoms with Gasteiger partial charge in [0.05, 0.1) is 0 Å². The van der Waals surface area contributed by atoms with Crippen molar-refractivity contribution >= 4 is 17.8 Å². The van der Waals surface area contributed by atoms with E-state index in [-0.39, 0.29) is 18.9 Å². The van der Waals surface area contributed by atoms with Gasteiger partial charge in [0, 0.05) is 18.4 Å². The first-order chi connectivity index (χ1) is 7.75. The van der Waals surface area contributed by atoms with Crippen LogP contribution in [0.15, 0.2) is 0 Å². The first-order valence-corrected chi connectivity index (χ1v) is 5.32. The fraction of sp³-hybridized carbons (Fsp3) is 0.700. The molecule has 7 nitrogen and oxygen atoms in total. The Balaban J connectivity index is 4.39. The van der Waals surface area contributed by atoms with Gasteiger partial charge < -0.3 is 21.9 Å². The Hall–Kier alpha value is -1.63. The zero-order valence-corrected chi connectivity index (χ0v) is 9.97. The number of primary amides is 1. The number of nitrogens with two attached hydrogens (primary N) is 2. The Morgan fingerprint density at radius 3 is 2.18 bits per heavy atom. The van der Waals surface area contributed by atoms with E-state index >= 15 is 0 Å². The number of carbonyl (C=O) groups is 3. The molecule has 0 aromatic rings. The number of nitrogens with one attached hydrogen (secondary N) is 1. The second-order valence-corrected chi connectivity index (χ2v) is 4.05. The average molecular weight is 245 g/mol. The van der Waals surface area contributed by atoms with Crippen LogP contribution in [0, 0.1) is 5.92 Å². The zero-order valence-electron chi connectivity index (χ0n) is 9.97. The molecule has 0 aliphatic heterocycles. The summed E-state index contributed by atoms with van der Waals surface area (Å²) in [5.41, 5.74) is 10.4. The van der Waals surface area contributed by atoms with Crippen LogP contribution in [0.2, 0.25) is 0 Å². The zero-order chi connectivity index (χ0) is 13.6. The van der Waals surface area contributed by atoms with E-state index in [0.29, 0.717) is 0 Å². The van der Waals surface area contributed by atoms with Gasteiger partial charge in [-0.2, -0.15) is 0 Å². The standard InChI is InChI=1S/C10H19N3O4/c1-5(6(2)11)9(15)13-7(10(16)17)3-4-8(12)14/h5-7H,3-4,11H2,1-2H3,(H2,12,14)(H,13,15)(H,16,17)/t5?,6?,7-/m1/s1. The fourth-order valence-electron chi connectivity index (χ4n) is 1.09. The van der Waals surface area contributed by atoms with E-state index in [1.165, 1.54) is 0 Å². The van der Waals surface area contributed by atoms with Gasteiger partial charge in [-0.1, -0.05) is 6.92 Å². The molecule has 0 saturated carbocycles. The predicted molar refractivity (Wildman–Crippen MR) is 60.8 cm³/mol. The average Bonchev–Trinajstić information content (AvgIpc) is 2.21. The minimum atomic E-state index is -1.20. The van der Waals surface area contributed by atoms with Crippen LogP contribution < -0.4 is 16.8 Å². The topological polar surface area (TPSA) is 136 Å². The van der Waals surface area contributed by atoms with Gasteiger partial charge in [-0.05, 0) is 13.3 Å². The van der Waals surface area contributed by atoms with Crippen LogP contribution in [0.5, 0.6) is 0 Å². The molecule has 0 aliphatic carbocycles. The van der Waals surface area contributed by atoms with Crippen LogP contribution in [0.3, 0.4) is 0 Å². The van der Waals surface area contributed by atoms with E-state index in [4.69, 9.17) is 16.6 Å². The van der Waals surface area contributed by atoms with Gasteiger partial charge in [0.25, 0.3) is 0 Å². The number of aliphatic carboxylic acids is 1. The van der Waals surface area contributed by atoms with E-state index in [0.717, 1.165) is 0 Å². The maximum Gasteiger partial charge on any atom is 0.326 e. The van der Waals surface area contributed by atoms with Crippen molar-refractivity contribution < 1.29 is 19.5 Å². The molecule has 0 fully saturated rings. The number of rotatable bonds is 7. The molecule has 0 aliphatic rings. The van der Waals surface area contributed by atoms with Crippen LogP contribution in [0.1, 0.15) is 26.7 Å². The van der Waals surface area contributed by atoms with Crippen molar-refractivity contribution in [1.82, 2.24) is 5.32 Å². The van der Waals surface area contributed by atoms with E-state index in [9.17, 15) is 14.4 Å². The maximum absolute atomic E-state index is 11.6. The molecule has 17 heavy (non-hydrogen) atoms. The van der Waals surface area contributed by atoms with E-state index < -0.39 is 29.7 Å². The Kier molecular flexibility index (Phi) is 6.19. The molecule has 6 N–H and O–H groups in total. The van der Waals surface area contributed by atoms with Crippen molar-refractivity contribution in [3.63, 3.8) is 0 Å². The van der Waals surface area contributed by atoms with E-state index in [2.05, 4.69) is 5.32 Å². The summed E-state index contributed by atoms with van der Waals surface area (Å²) < 4.78 is 0. The van der Waals surface area contributed by atoms with Crippen molar-refractivity contribution in [2.45, 2.75) is 38.8 Å². The summed E-state index contributed by atoms with van der Waals surface area (Å²) in [6.07, 6.45) is -0.119. The second-order valence-electron chi connectivity index (χ2n) is 4.05. The molecule has 0 radical (unpaired) electrons. The first kappa shape index (κ1) is 15.4. The quantitative estimate of drug-likeness (QED) is 0.447. The highest BCUT2D eigenvalue weighted by molar-refractivity contribution is 5.85. The molecule has 2 unspecified atom stereocenters. The third-order valence-electron chi connectivity index (χ3n) is 2.50. The van der Waals surface area contributed by atoms with Crippen LogP contribution in [-0.4, -0.2) is 35.0 Å². The highest BCUT2D eigenvalue weighted by Gasteiger charge is 2.24. The number of carboxylic acid groups (broad SMARTS) is 1. The fourth-order valence-corrected chi connectivity index (χ4v) is 1.09. The lowest BCUT2D eigenvalue weighted by Crippen LogP contribution is -2.46. The summed E-state index contributed by atoms with van der Waals surface area (Å²) >= 11 is 0. The number of carbonyl (C=O) groups excluding carboxylic acids is 2. The number of carboxylic acids is 1. The molecule has 2 amide bonds. The Bertz CT molecular complexity index is 304. The highest BCUT2D eigenvalue weighted by atomic mass is 16.4. The van der Waals surface area contributed by atoms with Gasteiger partial charge in [-0.25, -0.2) is 4.79 Å². The molecule has 0 aromatic heterocycles. The predicted octanol–water partition coefficient (Wildman–Crippen LogP) is -1.20. The SMILES string of the molecule is CC(N)C(C)C(=O)N[C@H](CCC(N)=O)C(=O)O. The monoisotopic (exact) mass is 245 g/mol. The Labute approximate surface area is 99.5 Å². The van der Waals surface area contributed by atoms with Crippen molar-refractivity contribution in [1.29, 1.82) is 0 Å². The van der Waals surface area contributed by atoms with Crippen LogP contribution in [0.4, 0.5) is 0 Å². The summed E-state index contributed by atoms with van der Waals surface area (Å²) in [5, 5.41) is 11.2. The van der Waals surface area contributed by atoms with Crippen molar-refractivity contribution in [3.8, 4) is 0 Å². The molecule has 0 saturated heterocycles. The smallest absolute Gasteiger partial charge is 0.326 e. The Morgan fingerprint density at radius 2 is 1.82 bits per heavy atom. The minimum absolute atomic E-state index is 0.0257. The van der Waals surface area contributed by atoms with Gasteiger partial charge >= 0.3 is 5.97 Å². The molecule has 0 aromatic carbocycles. The minimum Gasteiger partial charge on any atom is -0.480 e. The number of hydrogen-bond donors (Lipinski definition) is 4. The van der Waals surface area contributed by atoms with E-state index in [1.54, 1.807) is 13.8 Å². The third-order valence-corrected chi connectivity index (χ3v) is 2.50. The first-order valence-electron chi connectivity index (χ1n) is 5.32. The van der Waals surface area contributed by atoms with Crippen molar-refractivity contribution in [3.05, 3.63) is 0 Å². The summed E-state index contributed by atoms with van der Waals surface area (Å²) in [4.78, 5) is 33.0. The lowest BCUT2D eigenvalue weighted by molar-refractivity contribution is -0.142. The second kappa shape index (κ2) is 6.85. The lowest BCUT2D eigenvalue weighted by atomic mass is 10.0. The molecule has 98 valence electrons. The van der Waals surface area contributed by atoms with E-state index in [1.807, 2.05) is 0 Å². The lowest BCUT2D eigenvalue weighted by Gasteiger charge is -2.19. The summed E-state index contributed by atoms with van der Waals surface area (Å²) in [5.74, 6) is -2.75. The largest absolute Gasteiger partial charge is 0.480 e. The summed E-state index contributed by atoms with van der Waals surface area (Å²) in [6.45, 7) is 3.26. The van der Waals surface area contributed by atoms with Crippen LogP contribution in [0.25, 0.3) is 0 Å². The molecular formula is C10H19N3O4. The molecule has 0 rings (SSSR count). The summed E-state index contributed by atoms with van der Waals surface area (Å²) in [7, 11) is 0. The molecule has 7 heteroatoms. The maximum atomic E-state index is 11.6. The normalized spacial score (nSPS) is 15.7. The highest BCUT2D eigenvalue weighted by Crippen LogP contribution is 2.03. The molecular weight excluding hydrogens is 226 g/mol. The van der Waals surface area contributed by atoms with Crippen molar-refractivity contribution in [2.75, 3.05) is 0 Å². The molecule has 0 heterocycles. The molecule has 3 atom stereocenters. The van der Waals surface area contributed by atoms with Gasteiger partial charge in [0.15, 0.2) is 0 Å². The Morgan fingerprint density at radius 1 is 1.29 bits per heavy atom. The van der Waals surface area contributed by atoms with Crippen molar-refractivity contribution in [2.24, 2.45) is 17.4 Å². The van der Waals surface area contributed by atoms with Gasteiger partial charge in [0.2, 0.25) is 11.8 Å². The third kappa shape index (κ3) is 5.86. The number of amides is 2. The van der Waals surface area contributed by atoms with Gasteiger partial charge in [-0.15, -0.1) is 0 Å². The molecule has 0 spiro atoms. The van der Waals surface area contributed by atoms with Crippen LogP contribution in [-0.2, 0) is 14.4 Å². The van der Waals surface area contributed by atoms with Crippen LogP contribution >= 0.6 is 0 Å².